The summed E-state index contributed by atoms with van der Waals surface area (Å²) in [6.45, 7) is 3.51. The molecule has 2 N–H and O–H groups in total. The molecule has 0 aromatic heterocycles. The van der Waals surface area contributed by atoms with Crippen LogP contribution in [0.3, 0.4) is 0 Å². The van der Waals surface area contributed by atoms with Crippen LogP contribution in [0.2, 0.25) is 0 Å². The second kappa shape index (κ2) is 5.83. The molecule has 1 atom stereocenters. The van der Waals surface area contributed by atoms with E-state index in [1.54, 1.807) is 0 Å². The second-order valence-electron chi connectivity index (χ2n) is 6.69. The van der Waals surface area contributed by atoms with Gasteiger partial charge in [0.1, 0.15) is 0 Å². The number of rotatable bonds is 3. The first-order valence-corrected chi connectivity index (χ1v) is 7.94. The van der Waals surface area contributed by atoms with Gasteiger partial charge in [0.2, 0.25) is 5.91 Å². The highest BCUT2D eigenvalue weighted by molar-refractivity contribution is 5.82. The van der Waals surface area contributed by atoms with E-state index in [2.05, 4.69) is 5.32 Å². The van der Waals surface area contributed by atoms with Crippen molar-refractivity contribution in [2.75, 3.05) is 32.8 Å². The van der Waals surface area contributed by atoms with E-state index in [0.717, 1.165) is 51.9 Å². The van der Waals surface area contributed by atoms with Crippen molar-refractivity contribution < 1.29 is 19.4 Å². The first kappa shape index (κ1) is 14.6. The topological polar surface area (TPSA) is 78.9 Å². The minimum absolute atomic E-state index is 0.0890. The molecule has 3 rings (SSSR count). The van der Waals surface area contributed by atoms with Gasteiger partial charge in [-0.1, -0.05) is 0 Å². The number of hydrogen-bond donors (Lipinski definition) is 2. The second-order valence-corrected chi connectivity index (χ2v) is 6.69. The first-order chi connectivity index (χ1) is 10.1. The Balaban J connectivity index is 1.42. The molecule has 2 aliphatic heterocycles. The zero-order valence-electron chi connectivity index (χ0n) is 12.3. The van der Waals surface area contributed by atoms with Gasteiger partial charge >= 0.3 is 6.09 Å². The van der Waals surface area contributed by atoms with Gasteiger partial charge in [0, 0.05) is 38.8 Å². The largest absolute Gasteiger partial charge is 0.465 e. The van der Waals surface area contributed by atoms with E-state index in [-0.39, 0.29) is 17.2 Å². The van der Waals surface area contributed by atoms with Crippen molar-refractivity contribution in [1.29, 1.82) is 0 Å². The van der Waals surface area contributed by atoms with E-state index in [9.17, 15) is 9.59 Å². The normalized spacial score (nSPS) is 28.4. The third kappa shape index (κ3) is 3.15. The van der Waals surface area contributed by atoms with Crippen LogP contribution in [0, 0.1) is 17.3 Å². The lowest BCUT2D eigenvalue weighted by atomic mass is 9.90. The van der Waals surface area contributed by atoms with Gasteiger partial charge < -0.3 is 20.1 Å². The summed E-state index contributed by atoms with van der Waals surface area (Å²) in [6.07, 6.45) is 3.81. The maximum absolute atomic E-state index is 12.3. The van der Waals surface area contributed by atoms with Crippen molar-refractivity contribution in [1.82, 2.24) is 10.2 Å². The molecule has 0 aromatic rings. The molecule has 1 unspecified atom stereocenters. The number of nitrogens with zero attached hydrogens (tertiary/aromatic N) is 1. The number of nitrogens with one attached hydrogen (secondary N) is 1. The Kier molecular flexibility index (Phi) is 4.06. The Bertz CT molecular complexity index is 412. The molecule has 1 aliphatic carbocycles. The summed E-state index contributed by atoms with van der Waals surface area (Å²) in [4.78, 5) is 24.6. The van der Waals surface area contributed by atoms with Gasteiger partial charge in [-0.05, 0) is 43.4 Å². The van der Waals surface area contributed by atoms with Crippen molar-refractivity contribution in [3.63, 3.8) is 0 Å². The van der Waals surface area contributed by atoms with Gasteiger partial charge in [-0.25, -0.2) is 4.79 Å². The molecule has 0 radical (unpaired) electrons. The number of piperidine rings is 1. The number of carbonyl (C=O) groups excluding carboxylic acids is 1. The minimum atomic E-state index is -0.842. The van der Waals surface area contributed by atoms with Crippen molar-refractivity contribution in [2.24, 2.45) is 17.3 Å². The molecule has 3 fully saturated rings. The minimum Gasteiger partial charge on any atom is -0.465 e. The highest BCUT2D eigenvalue weighted by atomic mass is 16.5. The fourth-order valence-electron chi connectivity index (χ4n) is 3.73. The SMILES string of the molecule is O=C(NCC1CCOCC1)C1CC12CCN(C(=O)O)CC2. The summed E-state index contributed by atoms with van der Waals surface area (Å²) in [5.74, 6) is 0.824. The number of amides is 2. The third-order valence-corrected chi connectivity index (χ3v) is 5.44. The monoisotopic (exact) mass is 296 g/mol. The van der Waals surface area contributed by atoms with Gasteiger partial charge in [0.25, 0.3) is 0 Å². The van der Waals surface area contributed by atoms with Crippen molar-refractivity contribution >= 4 is 12.0 Å². The molecule has 1 spiro atoms. The molecular formula is C15H24N2O4. The quantitative estimate of drug-likeness (QED) is 0.823. The first-order valence-electron chi connectivity index (χ1n) is 7.94. The Labute approximate surface area is 124 Å². The van der Waals surface area contributed by atoms with Gasteiger partial charge in [0.15, 0.2) is 0 Å². The summed E-state index contributed by atoms with van der Waals surface area (Å²) < 4.78 is 5.32. The maximum atomic E-state index is 12.3. The summed E-state index contributed by atoms with van der Waals surface area (Å²) in [5, 5.41) is 12.1. The van der Waals surface area contributed by atoms with Crippen LogP contribution >= 0.6 is 0 Å². The van der Waals surface area contributed by atoms with E-state index in [4.69, 9.17) is 9.84 Å². The molecule has 0 bridgehead atoms. The van der Waals surface area contributed by atoms with E-state index in [1.165, 1.54) is 4.90 Å². The standard InChI is InChI=1S/C15H24N2O4/c18-13(16-10-11-1-7-21-8-2-11)12-9-15(12)3-5-17(6-4-15)14(19)20/h11-12H,1-10H2,(H,16,18)(H,19,20). The number of ether oxygens (including phenoxy) is 1. The zero-order valence-corrected chi connectivity index (χ0v) is 12.3. The molecule has 3 aliphatic rings. The summed E-state index contributed by atoms with van der Waals surface area (Å²) >= 11 is 0. The molecule has 2 saturated heterocycles. The molecular weight excluding hydrogens is 272 g/mol. The highest BCUT2D eigenvalue weighted by Crippen LogP contribution is 2.59. The van der Waals surface area contributed by atoms with E-state index >= 15 is 0 Å². The average molecular weight is 296 g/mol. The summed E-state index contributed by atoms with van der Waals surface area (Å²) in [6, 6.07) is 0. The van der Waals surface area contributed by atoms with E-state index < -0.39 is 6.09 Å². The summed E-state index contributed by atoms with van der Waals surface area (Å²) in [5.41, 5.74) is 0.0890. The van der Waals surface area contributed by atoms with E-state index in [0.29, 0.717) is 19.0 Å². The average Bonchev–Trinajstić information content (AvgIpc) is 3.20. The van der Waals surface area contributed by atoms with Crippen LogP contribution in [0.1, 0.15) is 32.1 Å². The van der Waals surface area contributed by atoms with Crippen LogP contribution in [-0.4, -0.2) is 54.9 Å². The van der Waals surface area contributed by atoms with Crippen LogP contribution in [0.25, 0.3) is 0 Å². The maximum Gasteiger partial charge on any atom is 0.407 e. The smallest absolute Gasteiger partial charge is 0.407 e. The molecule has 6 nitrogen and oxygen atoms in total. The molecule has 21 heavy (non-hydrogen) atoms. The van der Waals surface area contributed by atoms with Crippen molar-refractivity contribution in [3.8, 4) is 0 Å². The van der Waals surface area contributed by atoms with Gasteiger partial charge in [-0.2, -0.15) is 0 Å². The fourth-order valence-corrected chi connectivity index (χ4v) is 3.73. The number of carboxylic acid groups (broad SMARTS) is 1. The Hall–Kier alpha value is -1.30. The van der Waals surface area contributed by atoms with Crippen LogP contribution in [-0.2, 0) is 9.53 Å². The number of carbonyl (C=O) groups is 2. The fraction of sp³-hybridized carbons (Fsp3) is 0.867. The van der Waals surface area contributed by atoms with Gasteiger partial charge in [0.05, 0.1) is 0 Å². The summed E-state index contributed by atoms with van der Waals surface area (Å²) in [7, 11) is 0. The van der Waals surface area contributed by atoms with Gasteiger partial charge in [-0.15, -0.1) is 0 Å². The lowest BCUT2D eigenvalue weighted by Gasteiger charge is -2.30. The van der Waals surface area contributed by atoms with Crippen LogP contribution in [0.5, 0.6) is 0 Å². The van der Waals surface area contributed by atoms with Crippen molar-refractivity contribution in [2.45, 2.75) is 32.1 Å². The van der Waals surface area contributed by atoms with E-state index in [1.807, 2.05) is 0 Å². The van der Waals surface area contributed by atoms with Crippen LogP contribution < -0.4 is 5.32 Å². The zero-order chi connectivity index (χ0) is 14.9. The van der Waals surface area contributed by atoms with Gasteiger partial charge in [-0.3, -0.25) is 4.79 Å². The molecule has 2 heterocycles. The Morgan fingerprint density at radius 2 is 1.90 bits per heavy atom. The van der Waals surface area contributed by atoms with Crippen LogP contribution in [0.15, 0.2) is 0 Å². The van der Waals surface area contributed by atoms with Crippen LogP contribution in [0.4, 0.5) is 4.79 Å². The lowest BCUT2D eigenvalue weighted by Crippen LogP contribution is -2.40. The third-order valence-electron chi connectivity index (χ3n) is 5.44. The molecule has 6 heteroatoms. The molecule has 2 amide bonds. The Morgan fingerprint density at radius 3 is 2.52 bits per heavy atom. The predicted octanol–water partition coefficient (Wildman–Crippen LogP) is 1.31. The molecule has 118 valence electrons. The highest BCUT2D eigenvalue weighted by Gasteiger charge is 2.58. The predicted molar refractivity (Wildman–Crippen MR) is 75.9 cm³/mol. The Morgan fingerprint density at radius 1 is 1.24 bits per heavy atom. The van der Waals surface area contributed by atoms with Crippen molar-refractivity contribution in [3.05, 3.63) is 0 Å². The number of hydrogen-bond acceptors (Lipinski definition) is 3. The lowest BCUT2D eigenvalue weighted by molar-refractivity contribution is -0.123. The molecule has 0 aromatic carbocycles. The molecule has 1 saturated carbocycles. The number of likely N-dealkylation sites (tertiary alicyclic amines) is 1.